The number of rotatable bonds is 14. The predicted molar refractivity (Wildman–Crippen MR) is 134 cm³/mol. The zero-order chi connectivity index (χ0) is 24.4. The molecule has 8 heteroatoms. The van der Waals surface area contributed by atoms with Gasteiger partial charge in [0.05, 0.1) is 47.1 Å². The zero-order valence-corrected chi connectivity index (χ0v) is 20.8. The second kappa shape index (κ2) is 12.5. The molecule has 7 nitrogen and oxygen atoms in total. The van der Waals surface area contributed by atoms with Gasteiger partial charge in [0.2, 0.25) is 0 Å². The molecule has 0 heterocycles. The highest BCUT2D eigenvalue weighted by atomic mass is 31.2. The number of aliphatic hydroxyl groups is 1. The minimum atomic E-state index is -4.13. The summed E-state index contributed by atoms with van der Waals surface area (Å²) in [4.78, 5) is 9.64. The minimum Gasteiger partial charge on any atom is -0.493 e. The monoisotopic (exact) mass is 488 g/mol. The van der Waals surface area contributed by atoms with Crippen LogP contribution in [0.4, 0.5) is 0 Å². The maximum absolute atomic E-state index is 11.8. The Hall–Kier alpha value is -2.25. The average Bonchev–Trinajstić information content (AvgIpc) is 2.84. The van der Waals surface area contributed by atoms with Gasteiger partial charge in [0.25, 0.3) is 0 Å². The molecule has 0 spiro atoms. The normalized spacial score (nSPS) is 14.6. The van der Waals surface area contributed by atoms with Crippen LogP contribution in [0.5, 0.6) is 5.75 Å². The SMILES string of the molecule is C[N+](C)(CCCOP(=O)(O)OCCO)C(CCOc1cccc2ccccc12)c1ccccc1. The Kier molecular flexibility index (Phi) is 9.65. The number of fused-ring (bicyclic) bond motifs is 1. The largest absolute Gasteiger partial charge is 0.493 e. The van der Waals surface area contributed by atoms with Crippen molar-refractivity contribution < 1.29 is 32.8 Å². The Morgan fingerprint density at radius 1 is 0.882 bits per heavy atom. The van der Waals surface area contributed by atoms with E-state index in [4.69, 9.17) is 14.4 Å². The number of ether oxygens (including phenoxy) is 1. The summed E-state index contributed by atoms with van der Waals surface area (Å²) in [6.45, 7) is 0.814. The third kappa shape index (κ3) is 7.64. The number of nitrogens with zero attached hydrogens (tertiary/aromatic N) is 1. The van der Waals surface area contributed by atoms with Gasteiger partial charge in [-0.05, 0) is 11.5 Å². The third-order valence-corrected chi connectivity index (χ3v) is 6.92. The van der Waals surface area contributed by atoms with Gasteiger partial charge in [-0.3, -0.25) is 9.05 Å². The summed E-state index contributed by atoms with van der Waals surface area (Å²) in [5.41, 5.74) is 1.22. The average molecular weight is 489 g/mol. The Balaban J connectivity index is 1.63. The van der Waals surface area contributed by atoms with E-state index >= 15 is 0 Å². The molecule has 0 amide bonds. The van der Waals surface area contributed by atoms with Crippen LogP contribution in [-0.4, -0.2) is 61.6 Å². The van der Waals surface area contributed by atoms with Crippen molar-refractivity contribution >= 4 is 18.6 Å². The fourth-order valence-electron chi connectivity index (χ4n) is 4.20. The van der Waals surface area contributed by atoms with Gasteiger partial charge in [-0.2, -0.15) is 0 Å². The lowest BCUT2D eigenvalue weighted by molar-refractivity contribution is -0.921. The van der Waals surface area contributed by atoms with Crippen LogP contribution < -0.4 is 4.74 Å². The first-order valence-corrected chi connectivity index (χ1v) is 13.0. The lowest BCUT2D eigenvalue weighted by Gasteiger charge is -2.38. The molecule has 34 heavy (non-hydrogen) atoms. The molecule has 2 N–H and O–H groups in total. The second-order valence-electron chi connectivity index (χ2n) is 8.76. The molecule has 0 saturated carbocycles. The number of phosphoric ester groups is 1. The van der Waals surface area contributed by atoms with Gasteiger partial charge in [-0.15, -0.1) is 0 Å². The fraction of sp³-hybridized carbons (Fsp3) is 0.385. The van der Waals surface area contributed by atoms with Crippen molar-refractivity contribution in [3.63, 3.8) is 0 Å². The molecule has 2 atom stereocenters. The number of quaternary nitrogens is 1. The van der Waals surface area contributed by atoms with Crippen LogP contribution in [0.3, 0.4) is 0 Å². The summed E-state index contributed by atoms with van der Waals surface area (Å²) in [6.07, 6.45) is 1.38. The maximum Gasteiger partial charge on any atom is 0.472 e. The molecule has 3 aromatic carbocycles. The Morgan fingerprint density at radius 3 is 2.32 bits per heavy atom. The van der Waals surface area contributed by atoms with E-state index in [0.717, 1.165) is 29.5 Å². The Bertz CT molecular complexity index is 1070. The first-order valence-electron chi connectivity index (χ1n) is 11.5. The molecule has 0 aliphatic carbocycles. The molecule has 0 fully saturated rings. The lowest BCUT2D eigenvalue weighted by Crippen LogP contribution is -2.44. The summed E-state index contributed by atoms with van der Waals surface area (Å²) in [5, 5.41) is 11.0. The number of hydrogen-bond acceptors (Lipinski definition) is 5. The van der Waals surface area contributed by atoms with Gasteiger partial charge in [0, 0.05) is 23.8 Å². The van der Waals surface area contributed by atoms with Gasteiger partial charge >= 0.3 is 7.82 Å². The van der Waals surface area contributed by atoms with Crippen LogP contribution in [-0.2, 0) is 13.6 Å². The Morgan fingerprint density at radius 2 is 1.56 bits per heavy atom. The Labute approximate surface area is 201 Å². The molecule has 0 saturated heterocycles. The molecule has 0 aromatic heterocycles. The van der Waals surface area contributed by atoms with Gasteiger partial charge in [-0.1, -0.05) is 66.7 Å². The molecule has 3 aromatic rings. The predicted octanol–water partition coefficient (Wildman–Crippen LogP) is 4.94. The summed E-state index contributed by atoms with van der Waals surface area (Å²) < 4.78 is 28.4. The number of phosphoric acid groups is 1. The van der Waals surface area contributed by atoms with Crippen LogP contribution in [0.15, 0.2) is 72.8 Å². The van der Waals surface area contributed by atoms with Crippen LogP contribution in [0.2, 0.25) is 0 Å². The smallest absolute Gasteiger partial charge is 0.472 e. The van der Waals surface area contributed by atoms with Crippen molar-refractivity contribution in [2.75, 3.05) is 47.1 Å². The van der Waals surface area contributed by atoms with E-state index in [1.807, 2.05) is 42.5 Å². The molecule has 0 radical (unpaired) electrons. The van der Waals surface area contributed by atoms with Gasteiger partial charge in [0.15, 0.2) is 0 Å². The maximum atomic E-state index is 11.8. The van der Waals surface area contributed by atoms with E-state index in [-0.39, 0.29) is 25.9 Å². The van der Waals surface area contributed by atoms with E-state index in [1.54, 1.807) is 0 Å². The summed E-state index contributed by atoms with van der Waals surface area (Å²) in [7, 11) is 0.167. The summed E-state index contributed by atoms with van der Waals surface area (Å²) in [5.74, 6) is 0.880. The van der Waals surface area contributed by atoms with Gasteiger partial charge in [-0.25, -0.2) is 4.57 Å². The van der Waals surface area contributed by atoms with Crippen molar-refractivity contribution in [2.45, 2.75) is 18.9 Å². The van der Waals surface area contributed by atoms with Crippen LogP contribution >= 0.6 is 7.82 Å². The van der Waals surface area contributed by atoms with E-state index < -0.39 is 7.82 Å². The molecule has 0 aliphatic rings. The fourth-order valence-corrected chi connectivity index (χ4v) is 4.94. The first kappa shape index (κ1) is 26.4. The third-order valence-electron chi connectivity index (χ3n) is 5.91. The minimum absolute atomic E-state index is 0.0922. The van der Waals surface area contributed by atoms with Crippen molar-refractivity contribution in [2.24, 2.45) is 0 Å². The lowest BCUT2D eigenvalue weighted by atomic mass is 10.0. The first-order chi connectivity index (χ1) is 16.3. The molecule has 2 unspecified atom stereocenters. The number of hydrogen-bond donors (Lipinski definition) is 2. The highest BCUT2D eigenvalue weighted by Crippen LogP contribution is 2.43. The van der Waals surface area contributed by atoms with Crippen LogP contribution in [0.25, 0.3) is 10.8 Å². The number of aliphatic hydroxyl groups excluding tert-OH is 1. The van der Waals surface area contributed by atoms with Crippen LogP contribution in [0, 0.1) is 0 Å². The van der Waals surface area contributed by atoms with Crippen molar-refractivity contribution in [1.29, 1.82) is 0 Å². The molecule has 0 aliphatic heterocycles. The molecular weight excluding hydrogens is 453 g/mol. The van der Waals surface area contributed by atoms with Crippen molar-refractivity contribution in [3.05, 3.63) is 78.4 Å². The zero-order valence-electron chi connectivity index (χ0n) is 19.9. The summed E-state index contributed by atoms with van der Waals surface area (Å²) >= 11 is 0. The van der Waals surface area contributed by atoms with Gasteiger partial charge < -0.3 is 19.2 Å². The van der Waals surface area contributed by atoms with Crippen LogP contribution in [0.1, 0.15) is 24.4 Å². The molecular formula is C26H35NO6P+. The van der Waals surface area contributed by atoms with Gasteiger partial charge in [0.1, 0.15) is 11.8 Å². The number of benzene rings is 3. The topological polar surface area (TPSA) is 85.2 Å². The highest BCUT2D eigenvalue weighted by molar-refractivity contribution is 7.47. The van der Waals surface area contributed by atoms with E-state index in [2.05, 4.69) is 49.0 Å². The van der Waals surface area contributed by atoms with E-state index in [0.29, 0.717) is 17.5 Å². The quantitative estimate of drug-likeness (QED) is 0.190. The van der Waals surface area contributed by atoms with Crippen molar-refractivity contribution in [3.8, 4) is 5.75 Å². The van der Waals surface area contributed by atoms with Crippen molar-refractivity contribution in [1.82, 2.24) is 0 Å². The molecule has 3 rings (SSSR count). The molecule has 0 bridgehead atoms. The van der Waals surface area contributed by atoms with E-state index in [9.17, 15) is 9.46 Å². The highest BCUT2D eigenvalue weighted by Gasteiger charge is 2.30. The molecule has 184 valence electrons. The summed E-state index contributed by atoms with van der Waals surface area (Å²) in [6, 6.07) is 24.8. The van der Waals surface area contributed by atoms with E-state index in [1.165, 1.54) is 5.56 Å². The standard InChI is InChI=1S/C26H34NO6P/c1-27(2,17-9-19-32-34(29,30)33-21-18-28)25(23-11-4-3-5-12-23)16-20-31-26-15-8-13-22-10-6-7-14-24(22)26/h3-8,10-15,25,28H,9,16-21H2,1-2H3/p+1. The second-order valence-corrected chi connectivity index (χ2v) is 10.2.